The summed E-state index contributed by atoms with van der Waals surface area (Å²) in [6.07, 6.45) is 7.04. The second kappa shape index (κ2) is 4.57. The van der Waals surface area contributed by atoms with Gasteiger partial charge in [-0.1, -0.05) is 12.1 Å². The topological polar surface area (TPSA) is 21.3 Å². The number of fused-ring (bicyclic) bond motifs is 2. The van der Waals surface area contributed by atoms with Crippen molar-refractivity contribution >= 4 is 0 Å². The first kappa shape index (κ1) is 11.9. The van der Waals surface area contributed by atoms with Crippen LogP contribution in [0.4, 0.5) is 4.39 Å². The van der Waals surface area contributed by atoms with Crippen LogP contribution < -0.4 is 5.32 Å². The third kappa shape index (κ3) is 2.30. The van der Waals surface area contributed by atoms with Crippen molar-refractivity contribution in [3.05, 3.63) is 35.6 Å². The number of hydrogen-bond acceptors (Lipinski definition) is 2. The highest BCUT2D eigenvalue weighted by atomic mass is 19.1. The molecule has 2 heterocycles. The molecule has 19 heavy (non-hydrogen) atoms. The number of rotatable bonds is 4. The van der Waals surface area contributed by atoms with Gasteiger partial charge in [-0.2, -0.15) is 0 Å². The third-order valence-electron chi connectivity index (χ3n) is 4.82. The van der Waals surface area contributed by atoms with Crippen molar-refractivity contribution in [1.29, 1.82) is 0 Å². The van der Waals surface area contributed by atoms with Gasteiger partial charge in [-0.15, -0.1) is 0 Å². The van der Waals surface area contributed by atoms with Crippen LogP contribution in [0.25, 0.3) is 0 Å². The van der Waals surface area contributed by atoms with E-state index in [0.717, 1.165) is 12.3 Å². The average molecular weight is 261 g/mol. The molecule has 1 aliphatic carbocycles. The van der Waals surface area contributed by atoms with E-state index >= 15 is 0 Å². The summed E-state index contributed by atoms with van der Waals surface area (Å²) in [5, 5.41) is 3.80. The van der Waals surface area contributed by atoms with Crippen molar-refractivity contribution < 1.29 is 9.13 Å². The van der Waals surface area contributed by atoms with Crippen molar-refractivity contribution in [1.82, 2.24) is 5.32 Å². The van der Waals surface area contributed by atoms with Crippen molar-refractivity contribution in [2.24, 2.45) is 5.92 Å². The van der Waals surface area contributed by atoms with E-state index in [1.54, 1.807) is 12.1 Å². The molecule has 3 heteroatoms. The summed E-state index contributed by atoms with van der Waals surface area (Å²) in [7, 11) is 0. The molecule has 4 atom stereocenters. The Hall–Kier alpha value is -0.930. The summed E-state index contributed by atoms with van der Waals surface area (Å²) in [4.78, 5) is 0. The quantitative estimate of drug-likeness (QED) is 0.898. The molecular weight excluding hydrogens is 241 g/mol. The van der Waals surface area contributed by atoms with E-state index in [9.17, 15) is 4.39 Å². The number of nitrogens with one attached hydrogen (secondary N) is 1. The van der Waals surface area contributed by atoms with Crippen molar-refractivity contribution in [2.75, 3.05) is 0 Å². The van der Waals surface area contributed by atoms with Crippen LogP contribution >= 0.6 is 0 Å². The van der Waals surface area contributed by atoms with E-state index in [2.05, 4.69) is 5.32 Å². The van der Waals surface area contributed by atoms with Gasteiger partial charge in [0.1, 0.15) is 5.82 Å². The fraction of sp³-hybridized carbons (Fsp3) is 0.625. The van der Waals surface area contributed by atoms with Gasteiger partial charge in [0.05, 0.1) is 12.2 Å². The van der Waals surface area contributed by atoms with E-state index in [4.69, 9.17) is 4.74 Å². The number of ether oxygens (including phenoxy) is 1. The lowest BCUT2D eigenvalue weighted by Gasteiger charge is -2.27. The molecule has 2 aliphatic heterocycles. The van der Waals surface area contributed by atoms with E-state index in [-0.39, 0.29) is 5.82 Å². The summed E-state index contributed by atoms with van der Waals surface area (Å²) in [6, 6.07) is 7.88. The Labute approximate surface area is 113 Å². The molecule has 1 saturated carbocycles. The van der Waals surface area contributed by atoms with E-state index in [1.807, 2.05) is 12.1 Å². The molecule has 0 radical (unpaired) electrons. The van der Waals surface area contributed by atoms with Gasteiger partial charge in [0, 0.05) is 12.1 Å². The van der Waals surface area contributed by atoms with Gasteiger partial charge in [0.2, 0.25) is 0 Å². The standard InChI is InChI=1S/C16H20FNO/c17-12-5-3-11(4-6-12)16(10-1-2-10)18-14-9-13-7-8-15(14)19-13/h3-6,10,13-16,18H,1-2,7-9H2. The molecule has 4 unspecified atom stereocenters. The molecule has 0 aromatic heterocycles. The maximum atomic E-state index is 13.1. The highest BCUT2D eigenvalue weighted by Crippen LogP contribution is 2.43. The van der Waals surface area contributed by atoms with Crippen LogP contribution in [-0.4, -0.2) is 18.2 Å². The second-order valence-electron chi connectivity index (χ2n) is 6.25. The number of halogens is 1. The smallest absolute Gasteiger partial charge is 0.123 e. The predicted octanol–water partition coefficient (Wildman–Crippen LogP) is 3.19. The van der Waals surface area contributed by atoms with Crippen LogP contribution in [0.3, 0.4) is 0 Å². The number of hydrogen-bond donors (Lipinski definition) is 1. The largest absolute Gasteiger partial charge is 0.373 e. The maximum absolute atomic E-state index is 13.1. The molecule has 2 saturated heterocycles. The minimum absolute atomic E-state index is 0.151. The minimum Gasteiger partial charge on any atom is -0.373 e. The SMILES string of the molecule is Fc1ccc(C(NC2CC3CCC2O3)C2CC2)cc1. The van der Waals surface area contributed by atoms with Crippen LogP contribution in [0, 0.1) is 11.7 Å². The fourth-order valence-corrected chi connectivity index (χ4v) is 3.65. The lowest BCUT2D eigenvalue weighted by Crippen LogP contribution is -2.40. The Balaban J connectivity index is 1.50. The van der Waals surface area contributed by atoms with Crippen molar-refractivity contribution in [2.45, 2.75) is 56.4 Å². The van der Waals surface area contributed by atoms with Gasteiger partial charge in [0.25, 0.3) is 0 Å². The summed E-state index contributed by atoms with van der Waals surface area (Å²) in [6.45, 7) is 0. The van der Waals surface area contributed by atoms with E-state index < -0.39 is 0 Å². The highest BCUT2D eigenvalue weighted by Gasteiger charge is 2.43. The molecule has 3 aliphatic rings. The maximum Gasteiger partial charge on any atom is 0.123 e. The minimum atomic E-state index is -0.151. The first-order valence-corrected chi connectivity index (χ1v) is 7.46. The van der Waals surface area contributed by atoms with E-state index in [0.29, 0.717) is 24.3 Å². The Morgan fingerprint density at radius 3 is 2.47 bits per heavy atom. The van der Waals surface area contributed by atoms with Gasteiger partial charge in [0.15, 0.2) is 0 Å². The summed E-state index contributed by atoms with van der Waals surface area (Å²) < 4.78 is 19.0. The summed E-state index contributed by atoms with van der Waals surface area (Å²) >= 11 is 0. The van der Waals surface area contributed by atoms with Crippen LogP contribution in [0.1, 0.15) is 43.7 Å². The molecular formula is C16H20FNO. The fourth-order valence-electron chi connectivity index (χ4n) is 3.65. The monoisotopic (exact) mass is 261 g/mol. The number of benzene rings is 1. The molecule has 1 aromatic carbocycles. The summed E-state index contributed by atoms with van der Waals surface area (Å²) in [5.41, 5.74) is 1.23. The normalized spacial score (nSPS) is 34.7. The first-order valence-electron chi connectivity index (χ1n) is 7.46. The summed E-state index contributed by atoms with van der Waals surface area (Å²) in [5.74, 6) is 0.575. The van der Waals surface area contributed by atoms with Crippen molar-refractivity contribution in [3.63, 3.8) is 0 Å². The lowest BCUT2D eigenvalue weighted by molar-refractivity contribution is 0.0955. The molecule has 3 fully saturated rings. The van der Waals surface area contributed by atoms with Crippen molar-refractivity contribution in [3.8, 4) is 0 Å². The highest BCUT2D eigenvalue weighted by molar-refractivity contribution is 5.22. The Bertz CT molecular complexity index is 456. The zero-order valence-electron chi connectivity index (χ0n) is 11.0. The zero-order chi connectivity index (χ0) is 12.8. The zero-order valence-corrected chi connectivity index (χ0v) is 11.0. The van der Waals surface area contributed by atoms with Gasteiger partial charge < -0.3 is 10.1 Å². The molecule has 4 rings (SSSR count). The Kier molecular flexibility index (Phi) is 2.85. The van der Waals surface area contributed by atoms with Gasteiger partial charge in [-0.25, -0.2) is 4.39 Å². The molecule has 1 N–H and O–H groups in total. The van der Waals surface area contributed by atoms with Crippen LogP contribution in [-0.2, 0) is 4.74 Å². The lowest BCUT2D eigenvalue weighted by atomic mass is 9.93. The molecule has 0 spiro atoms. The molecule has 2 bridgehead atoms. The van der Waals surface area contributed by atoms with Gasteiger partial charge in [-0.05, 0) is 55.7 Å². The Morgan fingerprint density at radius 1 is 1.11 bits per heavy atom. The van der Waals surface area contributed by atoms with Gasteiger partial charge in [-0.3, -0.25) is 0 Å². The molecule has 0 amide bonds. The van der Waals surface area contributed by atoms with Crippen LogP contribution in [0.5, 0.6) is 0 Å². The molecule has 2 nitrogen and oxygen atoms in total. The van der Waals surface area contributed by atoms with E-state index in [1.165, 1.54) is 31.2 Å². The third-order valence-corrected chi connectivity index (χ3v) is 4.82. The van der Waals surface area contributed by atoms with Gasteiger partial charge >= 0.3 is 0 Å². The van der Waals surface area contributed by atoms with Crippen LogP contribution in [0.15, 0.2) is 24.3 Å². The second-order valence-corrected chi connectivity index (χ2v) is 6.25. The molecule has 1 aromatic rings. The first-order chi connectivity index (χ1) is 9.29. The predicted molar refractivity (Wildman–Crippen MR) is 71.3 cm³/mol. The molecule has 102 valence electrons. The average Bonchev–Trinajstić information content (AvgIpc) is 3.05. The van der Waals surface area contributed by atoms with Crippen LogP contribution in [0.2, 0.25) is 0 Å². The Morgan fingerprint density at radius 2 is 1.89 bits per heavy atom.